The number of rotatable bonds is 8. The van der Waals surface area contributed by atoms with Gasteiger partial charge >= 0.3 is 12.4 Å². The minimum Gasteiger partial charge on any atom is -0.404 e. The van der Waals surface area contributed by atoms with Crippen LogP contribution in [0.15, 0.2) is 42.5 Å². The van der Waals surface area contributed by atoms with E-state index in [-0.39, 0.29) is 24.6 Å². The number of ether oxygens (including phenoxy) is 2. The number of carbonyl (C=O) groups is 2. The normalized spacial score (nSPS) is 19.4. The molecule has 2 unspecified atom stereocenters. The van der Waals surface area contributed by atoms with Gasteiger partial charge < -0.3 is 19.7 Å². The van der Waals surface area contributed by atoms with E-state index in [9.17, 15) is 44.0 Å². The lowest BCUT2D eigenvalue weighted by Crippen LogP contribution is -2.65. The molecule has 0 aliphatic carbocycles. The van der Waals surface area contributed by atoms with Crippen molar-refractivity contribution < 1.29 is 53.5 Å². The van der Waals surface area contributed by atoms with Gasteiger partial charge in [-0.15, -0.1) is 16.9 Å². The maximum Gasteiger partial charge on any atom is 0.573 e. The van der Waals surface area contributed by atoms with E-state index in [0.29, 0.717) is 32.1 Å². The number of nitrogens with one attached hydrogen (secondary N) is 1. The molecule has 2 fully saturated rings. The molecule has 2 saturated heterocycles. The Morgan fingerprint density at radius 3 is 2.18 bits per heavy atom. The molecule has 0 saturated carbocycles. The van der Waals surface area contributed by atoms with E-state index >= 15 is 0 Å². The van der Waals surface area contributed by atoms with Gasteiger partial charge in [-0.2, -0.15) is 0 Å². The molecule has 3 amide bonds. The standard InChI is InChI=1S/C26H27ClF4N4O8S2/c1-44(38,39)35(45(2,40)41)25(37)32-22-10-21(27)23(43-26(29,30)31)9-17(22)5-8-24(36)34-19-12-33(13-20(34)15-42-14-19)11-16-3-6-18(28)7-4-16/h3-10,19-20H,11-15H2,1-2H3,(H,32,37)/b8-5+. The Hall–Kier alpha value is -3.45. The molecule has 19 heteroatoms. The van der Waals surface area contributed by atoms with E-state index < -0.39 is 70.6 Å². The highest BCUT2D eigenvalue weighted by atomic mass is 35.5. The molecule has 2 aliphatic rings. The van der Waals surface area contributed by atoms with Crippen LogP contribution in [-0.4, -0.2) is 99.5 Å². The monoisotopic (exact) mass is 698 g/mol. The second-order valence-electron chi connectivity index (χ2n) is 10.3. The summed E-state index contributed by atoms with van der Waals surface area (Å²) in [6, 6.07) is 5.06. The second kappa shape index (κ2) is 13.1. The Bertz CT molecular complexity index is 1660. The fourth-order valence-corrected chi connectivity index (χ4v) is 7.92. The van der Waals surface area contributed by atoms with E-state index in [0.717, 1.165) is 29.8 Å². The highest BCUT2D eigenvalue weighted by Crippen LogP contribution is 2.36. The van der Waals surface area contributed by atoms with Crippen molar-refractivity contribution in [3.05, 3.63) is 64.4 Å². The minimum absolute atomic E-state index is 0.203. The van der Waals surface area contributed by atoms with Crippen molar-refractivity contribution in [2.45, 2.75) is 25.0 Å². The van der Waals surface area contributed by atoms with E-state index in [1.54, 1.807) is 17.0 Å². The number of hydrogen-bond donors (Lipinski definition) is 1. The summed E-state index contributed by atoms with van der Waals surface area (Å²) in [7, 11) is -9.31. The van der Waals surface area contributed by atoms with Gasteiger partial charge in [0.2, 0.25) is 26.0 Å². The second-order valence-corrected chi connectivity index (χ2v) is 14.6. The molecule has 2 heterocycles. The first-order valence-electron chi connectivity index (χ1n) is 13.0. The Balaban J connectivity index is 1.61. The fraction of sp³-hybridized carbons (Fsp3) is 0.385. The number of anilines is 1. The lowest BCUT2D eigenvalue weighted by Gasteiger charge is -2.49. The lowest BCUT2D eigenvalue weighted by atomic mass is 10.0. The molecule has 1 N–H and O–H groups in total. The SMILES string of the molecule is CS(=O)(=O)N(C(=O)Nc1cc(Cl)c(OC(F)(F)F)cc1/C=C/C(=O)N1C2COCC1CN(Cc1ccc(F)cc1)C2)S(C)(=O)=O. The molecule has 0 radical (unpaired) electrons. The van der Waals surface area contributed by atoms with Crippen molar-refractivity contribution >= 4 is 55.3 Å². The molecule has 246 valence electrons. The Labute approximate surface area is 261 Å². The van der Waals surface area contributed by atoms with Crippen molar-refractivity contribution in [1.82, 2.24) is 13.5 Å². The molecule has 2 aromatic carbocycles. The van der Waals surface area contributed by atoms with Crippen LogP contribution in [-0.2, 0) is 36.1 Å². The Morgan fingerprint density at radius 2 is 1.64 bits per heavy atom. The van der Waals surface area contributed by atoms with Gasteiger partial charge in [0.1, 0.15) is 11.6 Å². The van der Waals surface area contributed by atoms with Gasteiger partial charge in [0.25, 0.3) is 0 Å². The van der Waals surface area contributed by atoms with Crippen LogP contribution >= 0.6 is 11.6 Å². The molecule has 2 aliphatic heterocycles. The summed E-state index contributed by atoms with van der Waals surface area (Å²) >= 11 is 5.92. The van der Waals surface area contributed by atoms with Crippen LogP contribution in [0, 0.1) is 5.82 Å². The highest BCUT2D eigenvalue weighted by Gasteiger charge is 2.40. The van der Waals surface area contributed by atoms with Crippen LogP contribution < -0.4 is 10.1 Å². The van der Waals surface area contributed by atoms with Crippen molar-refractivity contribution in [3.63, 3.8) is 0 Å². The number of halogens is 5. The quantitative estimate of drug-likeness (QED) is 0.325. The number of hydrogen-bond acceptors (Lipinski definition) is 9. The molecule has 45 heavy (non-hydrogen) atoms. The van der Waals surface area contributed by atoms with Crippen LogP contribution in [0.3, 0.4) is 0 Å². The number of piperazine rings is 1. The third-order valence-electron chi connectivity index (χ3n) is 6.66. The molecule has 2 atom stereocenters. The number of morpholine rings is 1. The zero-order valence-corrected chi connectivity index (χ0v) is 26.0. The third-order valence-corrected chi connectivity index (χ3v) is 10.1. The summed E-state index contributed by atoms with van der Waals surface area (Å²) in [6.45, 7) is 1.72. The summed E-state index contributed by atoms with van der Waals surface area (Å²) < 4.78 is 109. The fourth-order valence-electron chi connectivity index (χ4n) is 5.06. The number of fused-ring (bicyclic) bond motifs is 2. The van der Waals surface area contributed by atoms with Crippen molar-refractivity contribution in [2.24, 2.45) is 0 Å². The highest BCUT2D eigenvalue weighted by molar-refractivity contribution is 8.04. The minimum atomic E-state index is -5.17. The molecule has 12 nitrogen and oxygen atoms in total. The van der Waals surface area contributed by atoms with E-state index in [4.69, 9.17) is 16.3 Å². The Kier molecular flexibility index (Phi) is 10.0. The number of nitrogens with zero attached hydrogens (tertiary/aromatic N) is 3. The maximum atomic E-state index is 13.4. The summed E-state index contributed by atoms with van der Waals surface area (Å²) in [5.41, 5.74) is 0.154. The van der Waals surface area contributed by atoms with Crippen LogP contribution in [0.5, 0.6) is 5.75 Å². The lowest BCUT2D eigenvalue weighted by molar-refractivity contribution is -0.274. The predicted molar refractivity (Wildman–Crippen MR) is 155 cm³/mol. The first-order chi connectivity index (χ1) is 20.8. The molecule has 0 spiro atoms. The average molecular weight is 699 g/mol. The van der Waals surface area contributed by atoms with Crippen molar-refractivity contribution in [3.8, 4) is 5.75 Å². The zero-order valence-electron chi connectivity index (χ0n) is 23.6. The van der Waals surface area contributed by atoms with E-state index in [1.807, 2.05) is 5.32 Å². The summed E-state index contributed by atoms with van der Waals surface area (Å²) in [4.78, 5) is 29.8. The number of urea groups is 1. The van der Waals surface area contributed by atoms with Crippen LogP contribution in [0.4, 0.5) is 28.0 Å². The number of carbonyl (C=O) groups excluding carboxylic acids is 2. The molecular formula is C26H27ClF4N4O8S2. The van der Waals surface area contributed by atoms with E-state index in [2.05, 4.69) is 9.64 Å². The zero-order chi connectivity index (χ0) is 33.3. The summed E-state index contributed by atoms with van der Waals surface area (Å²) in [5, 5.41) is 1.34. The van der Waals surface area contributed by atoms with Gasteiger partial charge in [-0.05, 0) is 35.9 Å². The number of amides is 3. The first-order valence-corrected chi connectivity index (χ1v) is 17.0. The smallest absolute Gasteiger partial charge is 0.404 e. The number of alkyl halides is 3. The van der Waals surface area contributed by atoms with Gasteiger partial charge in [0.05, 0.1) is 48.5 Å². The molecule has 2 bridgehead atoms. The molecular weight excluding hydrogens is 672 g/mol. The molecule has 4 rings (SSSR count). The van der Waals surface area contributed by atoms with Gasteiger partial charge in [-0.1, -0.05) is 23.7 Å². The van der Waals surface area contributed by atoms with E-state index in [1.165, 1.54) is 12.1 Å². The Morgan fingerprint density at radius 1 is 1.07 bits per heavy atom. The van der Waals surface area contributed by atoms with Crippen LogP contribution in [0.2, 0.25) is 5.02 Å². The third kappa shape index (κ3) is 8.84. The largest absolute Gasteiger partial charge is 0.573 e. The number of benzene rings is 2. The van der Waals surface area contributed by atoms with Gasteiger partial charge in [0.15, 0.2) is 0 Å². The predicted octanol–water partition coefficient (Wildman–Crippen LogP) is 3.26. The summed E-state index contributed by atoms with van der Waals surface area (Å²) in [6.07, 6.45) is -2.17. The van der Waals surface area contributed by atoms with Gasteiger partial charge in [-0.25, -0.2) is 26.0 Å². The molecule has 0 aromatic heterocycles. The van der Waals surface area contributed by atoms with Crippen LogP contribution in [0.25, 0.3) is 6.08 Å². The van der Waals surface area contributed by atoms with Gasteiger partial charge in [-0.3, -0.25) is 9.69 Å². The number of sulfonamides is 2. The average Bonchev–Trinajstić information content (AvgIpc) is 2.87. The summed E-state index contributed by atoms with van der Waals surface area (Å²) in [5.74, 6) is -1.82. The first kappa shape index (κ1) is 34.4. The molecule has 2 aromatic rings. The van der Waals surface area contributed by atoms with Crippen LogP contribution in [0.1, 0.15) is 11.1 Å². The topological polar surface area (TPSA) is 143 Å². The van der Waals surface area contributed by atoms with Gasteiger partial charge in [0, 0.05) is 31.3 Å². The van der Waals surface area contributed by atoms with Crippen molar-refractivity contribution in [2.75, 3.05) is 44.1 Å². The van der Waals surface area contributed by atoms with Crippen molar-refractivity contribution in [1.29, 1.82) is 0 Å². The maximum absolute atomic E-state index is 13.4.